The van der Waals surface area contributed by atoms with Gasteiger partial charge in [0.25, 0.3) is 5.56 Å². The van der Waals surface area contributed by atoms with Crippen LogP contribution < -0.4 is 5.56 Å². The summed E-state index contributed by atoms with van der Waals surface area (Å²) in [4.78, 5) is 28.5. The van der Waals surface area contributed by atoms with Gasteiger partial charge in [-0.1, -0.05) is 0 Å². The Balaban J connectivity index is 2.32. The molecule has 0 aliphatic carbocycles. The molecule has 0 radical (unpaired) electrons. The fraction of sp³-hybridized carbons (Fsp3) is 0.444. The fourth-order valence-corrected chi connectivity index (χ4v) is 2.75. The number of hydrogen-bond acceptors (Lipinski definition) is 4. The Labute approximate surface area is 89.9 Å². The summed E-state index contributed by atoms with van der Waals surface area (Å²) in [7, 11) is 0. The lowest BCUT2D eigenvalue weighted by Crippen LogP contribution is -2.20. The summed E-state index contributed by atoms with van der Waals surface area (Å²) in [6, 6.07) is 0. The molecular formula is C9H10N2O3S. The van der Waals surface area contributed by atoms with Gasteiger partial charge in [-0.3, -0.25) is 4.79 Å². The standard InChI is InChI=1S/C9H10N2O3S/c12-8-5(9(13)14)4-10-7(11-8)6-2-1-3-15-6/h4,6H,1-3H2,(H,13,14)(H,10,11,12). The van der Waals surface area contributed by atoms with Gasteiger partial charge in [-0.05, 0) is 18.6 Å². The minimum atomic E-state index is -1.24. The maximum absolute atomic E-state index is 11.4. The predicted octanol–water partition coefficient (Wildman–Crippen LogP) is 1.04. The van der Waals surface area contributed by atoms with Crippen molar-refractivity contribution in [2.45, 2.75) is 18.1 Å². The second-order valence-electron chi connectivity index (χ2n) is 3.32. The number of thioether (sulfide) groups is 1. The van der Waals surface area contributed by atoms with E-state index in [-0.39, 0.29) is 10.8 Å². The van der Waals surface area contributed by atoms with E-state index < -0.39 is 11.5 Å². The zero-order valence-corrected chi connectivity index (χ0v) is 8.71. The van der Waals surface area contributed by atoms with Crippen LogP contribution in [0, 0.1) is 0 Å². The molecule has 1 aromatic heterocycles. The number of nitrogens with zero attached hydrogens (tertiary/aromatic N) is 1. The van der Waals surface area contributed by atoms with Gasteiger partial charge in [-0.2, -0.15) is 11.8 Å². The molecule has 6 heteroatoms. The lowest BCUT2D eigenvalue weighted by molar-refractivity contribution is 0.0694. The van der Waals surface area contributed by atoms with Crippen LogP contribution in [0.4, 0.5) is 0 Å². The Morgan fingerprint density at radius 1 is 1.67 bits per heavy atom. The minimum absolute atomic E-state index is 0.209. The predicted molar refractivity (Wildman–Crippen MR) is 56.3 cm³/mol. The van der Waals surface area contributed by atoms with Crippen molar-refractivity contribution in [3.05, 3.63) is 27.9 Å². The van der Waals surface area contributed by atoms with Crippen LogP contribution in [0.2, 0.25) is 0 Å². The van der Waals surface area contributed by atoms with Gasteiger partial charge in [0.2, 0.25) is 0 Å². The first kappa shape index (κ1) is 10.2. The normalized spacial score (nSPS) is 20.4. The Bertz CT molecular complexity index is 437. The maximum atomic E-state index is 11.4. The van der Waals surface area contributed by atoms with E-state index in [1.165, 1.54) is 0 Å². The number of aromatic carboxylic acids is 1. The van der Waals surface area contributed by atoms with Crippen molar-refractivity contribution < 1.29 is 9.90 Å². The van der Waals surface area contributed by atoms with Crippen LogP contribution in [0.15, 0.2) is 11.0 Å². The van der Waals surface area contributed by atoms with Crippen molar-refractivity contribution in [1.82, 2.24) is 9.97 Å². The molecule has 1 aromatic rings. The van der Waals surface area contributed by atoms with Crippen molar-refractivity contribution in [3.8, 4) is 0 Å². The van der Waals surface area contributed by atoms with Crippen LogP contribution in [0.25, 0.3) is 0 Å². The van der Waals surface area contributed by atoms with E-state index in [1.54, 1.807) is 11.8 Å². The number of carboxylic acid groups (broad SMARTS) is 1. The molecule has 5 nitrogen and oxygen atoms in total. The van der Waals surface area contributed by atoms with E-state index >= 15 is 0 Å². The van der Waals surface area contributed by atoms with Gasteiger partial charge < -0.3 is 10.1 Å². The molecule has 0 saturated carbocycles. The molecule has 0 aromatic carbocycles. The summed E-state index contributed by atoms with van der Waals surface area (Å²) in [6.07, 6.45) is 3.23. The highest BCUT2D eigenvalue weighted by molar-refractivity contribution is 7.99. The first-order valence-corrected chi connectivity index (χ1v) is 5.67. The molecule has 0 spiro atoms. The Hall–Kier alpha value is -1.30. The van der Waals surface area contributed by atoms with Gasteiger partial charge in [0, 0.05) is 6.20 Å². The summed E-state index contributed by atoms with van der Waals surface area (Å²) < 4.78 is 0. The van der Waals surface area contributed by atoms with E-state index in [1.807, 2.05) is 0 Å². The topological polar surface area (TPSA) is 83.0 Å². The molecule has 1 aliphatic heterocycles. The van der Waals surface area contributed by atoms with E-state index in [0.717, 1.165) is 24.8 Å². The van der Waals surface area contributed by atoms with Gasteiger partial charge in [0.05, 0.1) is 5.25 Å². The molecule has 2 heterocycles. The summed E-state index contributed by atoms with van der Waals surface area (Å²) in [5.41, 5.74) is -0.873. The molecular weight excluding hydrogens is 216 g/mol. The van der Waals surface area contributed by atoms with Crippen LogP contribution in [0.5, 0.6) is 0 Å². The molecule has 1 aliphatic rings. The number of carbonyl (C=O) groups is 1. The average Bonchev–Trinajstić information content (AvgIpc) is 2.69. The van der Waals surface area contributed by atoms with Gasteiger partial charge >= 0.3 is 5.97 Å². The Morgan fingerprint density at radius 3 is 3.00 bits per heavy atom. The SMILES string of the molecule is O=C(O)c1cnc(C2CCCS2)[nH]c1=O. The number of hydrogen-bond donors (Lipinski definition) is 2. The average molecular weight is 226 g/mol. The van der Waals surface area contributed by atoms with Crippen molar-refractivity contribution in [2.75, 3.05) is 5.75 Å². The van der Waals surface area contributed by atoms with E-state index in [2.05, 4.69) is 9.97 Å². The second kappa shape index (κ2) is 4.06. The fourth-order valence-electron chi connectivity index (χ4n) is 1.52. The Kier molecular flexibility index (Phi) is 2.77. The third kappa shape index (κ3) is 2.04. The number of carboxylic acids is 1. The minimum Gasteiger partial charge on any atom is -0.477 e. The smallest absolute Gasteiger partial charge is 0.342 e. The zero-order valence-electron chi connectivity index (χ0n) is 7.90. The summed E-state index contributed by atoms with van der Waals surface area (Å²) in [5, 5.41) is 8.87. The summed E-state index contributed by atoms with van der Waals surface area (Å²) in [5.74, 6) is 0.414. The largest absolute Gasteiger partial charge is 0.477 e. The van der Waals surface area contributed by atoms with Crippen molar-refractivity contribution in [1.29, 1.82) is 0 Å². The van der Waals surface area contributed by atoms with Crippen LogP contribution in [0.3, 0.4) is 0 Å². The van der Waals surface area contributed by atoms with E-state index in [9.17, 15) is 9.59 Å². The van der Waals surface area contributed by atoms with Crippen LogP contribution in [-0.2, 0) is 0 Å². The molecule has 1 saturated heterocycles. The lowest BCUT2D eigenvalue weighted by Gasteiger charge is -2.06. The monoisotopic (exact) mass is 226 g/mol. The number of rotatable bonds is 2. The van der Waals surface area contributed by atoms with Crippen molar-refractivity contribution in [2.24, 2.45) is 0 Å². The van der Waals surface area contributed by atoms with Crippen molar-refractivity contribution >= 4 is 17.7 Å². The highest BCUT2D eigenvalue weighted by Gasteiger charge is 2.21. The van der Waals surface area contributed by atoms with Crippen LogP contribution >= 0.6 is 11.8 Å². The molecule has 0 amide bonds. The summed E-state index contributed by atoms with van der Waals surface area (Å²) in [6.45, 7) is 0. The van der Waals surface area contributed by atoms with Gasteiger partial charge in [-0.25, -0.2) is 9.78 Å². The van der Waals surface area contributed by atoms with Gasteiger partial charge in [0.1, 0.15) is 11.4 Å². The first-order chi connectivity index (χ1) is 7.18. The van der Waals surface area contributed by atoms with E-state index in [0.29, 0.717) is 5.82 Å². The molecule has 1 fully saturated rings. The van der Waals surface area contributed by atoms with Gasteiger partial charge in [-0.15, -0.1) is 0 Å². The molecule has 1 atom stereocenters. The second-order valence-corrected chi connectivity index (χ2v) is 4.63. The van der Waals surface area contributed by atoms with Crippen LogP contribution in [0.1, 0.15) is 34.3 Å². The first-order valence-electron chi connectivity index (χ1n) is 4.62. The molecule has 0 bridgehead atoms. The third-order valence-corrected chi connectivity index (χ3v) is 3.67. The quantitative estimate of drug-likeness (QED) is 0.787. The highest BCUT2D eigenvalue weighted by atomic mass is 32.2. The highest BCUT2D eigenvalue weighted by Crippen LogP contribution is 2.37. The molecule has 1 unspecified atom stereocenters. The lowest BCUT2D eigenvalue weighted by atomic mass is 10.2. The van der Waals surface area contributed by atoms with Crippen molar-refractivity contribution in [3.63, 3.8) is 0 Å². The Morgan fingerprint density at radius 2 is 2.47 bits per heavy atom. The van der Waals surface area contributed by atoms with E-state index in [4.69, 9.17) is 5.11 Å². The number of aromatic amines is 1. The molecule has 80 valence electrons. The van der Waals surface area contributed by atoms with Gasteiger partial charge in [0.15, 0.2) is 0 Å². The number of H-pyrrole nitrogens is 1. The van der Waals surface area contributed by atoms with Crippen LogP contribution in [-0.4, -0.2) is 26.8 Å². The maximum Gasteiger partial charge on any atom is 0.342 e. The summed E-state index contributed by atoms with van der Waals surface area (Å²) >= 11 is 1.74. The molecule has 2 N–H and O–H groups in total. The molecule has 15 heavy (non-hydrogen) atoms. The zero-order chi connectivity index (χ0) is 10.8. The number of aromatic nitrogens is 2. The third-order valence-electron chi connectivity index (χ3n) is 2.28. The number of nitrogens with one attached hydrogen (secondary N) is 1. The molecule has 2 rings (SSSR count).